The van der Waals surface area contributed by atoms with Gasteiger partial charge in [-0.25, -0.2) is 19.3 Å². The fourth-order valence-electron chi connectivity index (χ4n) is 10.7. The normalized spacial score (nSPS) is 18.9. The van der Waals surface area contributed by atoms with Gasteiger partial charge in [0.25, 0.3) is 5.91 Å². The molecular formula is C59H73F4N13O8S. The van der Waals surface area contributed by atoms with Gasteiger partial charge in [-0.05, 0) is 69.3 Å². The summed E-state index contributed by atoms with van der Waals surface area (Å²) in [5.74, 6) is -3.36. The number of aliphatic hydroxyl groups excluding tert-OH is 1. The molecule has 5 atom stereocenters. The van der Waals surface area contributed by atoms with E-state index in [2.05, 4.69) is 46.1 Å². The van der Waals surface area contributed by atoms with Crippen molar-refractivity contribution < 1.29 is 51.4 Å². The number of β-amino-alcohol motifs (C(OH)–C–C–N with tert-alkyl or cyclic N) is 1. The van der Waals surface area contributed by atoms with Gasteiger partial charge in [0, 0.05) is 132 Å². The maximum Gasteiger partial charge on any atom is 0.417 e. The van der Waals surface area contributed by atoms with E-state index < -0.39 is 70.0 Å². The van der Waals surface area contributed by atoms with E-state index in [1.54, 1.807) is 21.7 Å². The van der Waals surface area contributed by atoms with Gasteiger partial charge in [-0.15, -0.1) is 11.3 Å². The summed E-state index contributed by atoms with van der Waals surface area (Å²) >= 11 is 1.55. The zero-order valence-electron chi connectivity index (χ0n) is 48.6. The maximum atomic E-state index is 16.2. The first-order valence-corrected chi connectivity index (χ1v) is 29.2. The number of aromatic amines is 1. The number of nitrogens with one attached hydrogen (secondary N) is 5. The molecule has 6 heterocycles. The third-order valence-electron chi connectivity index (χ3n) is 15.8. The topological polar surface area (TPSA) is 258 Å². The number of alkyl halides is 3. The lowest BCUT2D eigenvalue weighted by Gasteiger charge is -2.44. The highest BCUT2D eigenvalue weighted by atomic mass is 32.1. The van der Waals surface area contributed by atoms with Crippen molar-refractivity contribution in [1.29, 1.82) is 0 Å². The zero-order valence-corrected chi connectivity index (χ0v) is 49.5. The molecule has 6 N–H and O–H groups in total. The highest BCUT2D eigenvalue weighted by molar-refractivity contribution is 7.13. The van der Waals surface area contributed by atoms with Crippen LogP contribution in [0, 0.1) is 18.2 Å². The molecule has 0 aliphatic carbocycles. The highest BCUT2D eigenvalue weighted by Crippen LogP contribution is 2.38. The predicted molar refractivity (Wildman–Crippen MR) is 313 cm³/mol. The number of amides is 6. The Morgan fingerprint density at radius 3 is 2.15 bits per heavy atom. The second-order valence-electron chi connectivity index (χ2n) is 23.1. The van der Waals surface area contributed by atoms with Crippen molar-refractivity contribution >= 4 is 64.1 Å². The van der Waals surface area contributed by atoms with Crippen LogP contribution < -0.4 is 36.6 Å². The number of carbonyl (C=O) groups is 6. The minimum Gasteiger partial charge on any atom is -0.391 e. The SMILES string of the molecule is Cc1ncsc1-c1ccc(CNC(=O)[C@@H]2C[C@@H](O)CN2C(=O)C(NC(=O)CCCCNC(=O)CCC(=O)N2CCN(c3ncc(-c4cc(NC(=O)c5c[nH]c(=O)cc5C(F)(F)F)c(N5C[C@@H](C)N(C)[C@@H](C)C5)cc4F)cn3)CC2)C(C)(C)C)cc1. The van der Waals surface area contributed by atoms with E-state index in [9.17, 15) is 51.8 Å². The summed E-state index contributed by atoms with van der Waals surface area (Å²) in [6.45, 7) is 13.9. The first kappa shape index (κ1) is 63.2. The third-order valence-corrected chi connectivity index (χ3v) is 16.8. The summed E-state index contributed by atoms with van der Waals surface area (Å²) < 4.78 is 58.2. The lowest BCUT2D eigenvalue weighted by atomic mass is 9.85. The number of nitrogens with zero attached hydrogens (tertiary/aromatic N) is 8. The first-order valence-electron chi connectivity index (χ1n) is 28.3. The summed E-state index contributed by atoms with van der Waals surface area (Å²) in [7, 11) is 1.95. The summed E-state index contributed by atoms with van der Waals surface area (Å²) in [5, 5.41) is 21.7. The highest BCUT2D eigenvalue weighted by Gasteiger charge is 2.45. The molecule has 0 radical (unpaired) electrons. The molecule has 85 heavy (non-hydrogen) atoms. The number of pyridine rings is 1. The Labute approximate surface area is 494 Å². The van der Waals surface area contributed by atoms with E-state index in [1.807, 2.05) is 82.7 Å². The molecule has 3 aliphatic rings. The first-order chi connectivity index (χ1) is 40.2. The fraction of sp³-hybridized carbons (Fsp3) is 0.492. The monoisotopic (exact) mass is 1200 g/mol. The van der Waals surface area contributed by atoms with Gasteiger partial charge in [0.2, 0.25) is 41.0 Å². The van der Waals surface area contributed by atoms with Crippen LogP contribution in [0.2, 0.25) is 0 Å². The molecule has 0 spiro atoms. The van der Waals surface area contributed by atoms with Gasteiger partial charge < -0.3 is 51.0 Å². The second kappa shape index (κ2) is 27.0. The van der Waals surface area contributed by atoms with Crippen molar-refractivity contribution in [1.82, 2.24) is 50.6 Å². The number of hydrogen-bond donors (Lipinski definition) is 6. The Bertz CT molecular complexity index is 3280. The van der Waals surface area contributed by atoms with Crippen LogP contribution in [0.5, 0.6) is 0 Å². The number of benzene rings is 2. The van der Waals surface area contributed by atoms with Crippen LogP contribution in [-0.2, 0) is 36.7 Å². The van der Waals surface area contributed by atoms with Crippen LogP contribution in [0.3, 0.4) is 0 Å². The van der Waals surface area contributed by atoms with Crippen molar-refractivity contribution in [3.8, 4) is 21.6 Å². The molecule has 3 fully saturated rings. The molecule has 3 aliphatic heterocycles. The number of H-pyrrole nitrogens is 1. The molecule has 26 heteroatoms. The van der Waals surface area contributed by atoms with Crippen LogP contribution in [0.4, 0.5) is 34.9 Å². The molecule has 0 bridgehead atoms. The number of halogens is 4. The molecule has 5 aromatic rings. The zero-order chi connectivity index (χ0) is 61.5. The average Bonchev–Trinajstić information content (AvgIpc) is 4.18. The molecule has 456 valence electrons. The number of anilines is 3. The summed E-state index contributed by atoms with van der Waals surface area (Å²) in [4.78, 5) is 117. The number of carbonyl (C=O) groups excluding carboxylic acids is 6. The largest absolute Gasteiger partial charge is 0.417 e. The number of unbranched alkanes of at least 4 members (excludes halogenated alkanes) is 1. The van der Waals surface area contributed by atoms with E-state index in [1.165, 1.54) is 29.4 Å². The van der Waals surface area contributed by atoms with Crippen LogP contribution in [0.15, 0.2) is 71.4 Å². The maximum absolute atomic E-state index is 16.2. The average molecular weight is 1200 g/mol. The van der Waals surface area contributed by atoms with Gasteiger partial charge in [0.15, 0.2) is 0 Å². The predicted octanol–water partition coefficient (Wildman–Crippen LogP) is 5.73. The summed E-state index contributed by atoms with van der Waals surface area (Å²) in [6.07, 6.45) is -1.58. The Morgan fingerprint density at radius 2 is 1.52 bits per heavy atom. The number of aryl methyl sites for hydroxylation is 1. The fourth-order valence-corrected chi connectivity index (χ4v) is 11.5. The van der Waals surface area contributed by atoms with E-state index in [0.717, 1.165) is 21.7 Å². The van der Waals surface area contributed by atoms with Crippen LogP contribution in [0.1, 0.15) is 100 Å². The Hall–Kier alpha value is -7.84. The van der Waals surface area contributed by atoms with E-state index in [4.69, 9.17) is 0 Å². The van der Waals surface area contributed by atoms with Gasteiger partial charge in [0.05, 0.1) is 44.7 Å². The van der Waals surface area contributed by atoms with Crippen molar-refractivity contribution in [2.75, 3.05) is 74.5 Å². The number of piperazine rings is 2. The molecule has 3 aromatic heterocycles. The third kappa shape index (κ3) is 15.7. The number of likely N-dealkylation sites (tertiary alicyclic amines) is 1. The van der Waals surface area contributed by atoms with Crippen molar-refractivity contribution in [2.24, 2.45) is 5.41 Å². The molecule has 8 rings (SSSR count). The molecule has 6 amide bonds. The Balaban J connectivity index is 0.771. The standard InChI is InChI=1S/C59H73F4N13O8S/c1-34-30-75(31-35(2)72(34)7)46-25-44(60)41(23-45(46)70-54(82)42-29-65-50(80)24-43(42)59(61,62)63)39-27-67-57(68-28-39)74-20-18-73(19-21-74)51(81)16-15-48(78)64-17-9-8-10-49(79)71-53(58(4,5)6)56(84)76-32-40(77)22-47(76)55(83)66-26-37-11-13-38(14-12-37)52-36(3)69-33-85-52/h11-14,23-25,27-29,33-35,40,47,53,77H,8-10,15-22,26,30-32H2,1-7H3,(H,64,78)(H,65,80)(H,66,83)(H,70,82)(H,71,79)/t34-,35+,40-,47+,53?/m1/s1. The van der Waals surface area contributed by atoms with Crippen LogP contribution in [-0.4, -0.2) is 165 Å². The van der Waals surface area contributed by atoms with Gasteiger partial charge in [-0.3, -0.25) is 38.5 Å². The molecule has 1 unspecified atom stereocenters. The van der Waals surface area contributed by atoms with Crippen LogP contribution >= 0.6 is 11.3 Å². The quantitative estimate of drug-likeness (QED) is 0.0427. The Kier molecular flexibility index (Phi) is 20.1. The molecule has 2 aromatic carbocycles. The minimum atomic E-state index is -5.02. The number of rotatable bonds is 19. The van der Waals surface area contributed by atoms with Crippen molar-refractivity contribution in [2.45, 2.75) is 123 Å². The van der Waals surface area contributed by atoms with Gasteiger partial charge in [0.1, 0.15) is 17.9 Å². The summed E-state index contributed by atoms with van der Waals surface area (Å²) in [5.41, 5.74) is 1.06. The smallest absolute Gasteiger partial charge is 0.391 e. The number of likely N-dealkylation sites (N-methyl/N-ethyl adjacent to an activating group) is 1. The molecule has 21 nitrogen and oxygen atoms in total. The van der Waals surface area contributed by atoms with E-state index in [0.29, 0.717) is 70.3 Å². The Morgan fingerprint density at radius 1 is 0.835 bits per heavy atom. The number of aromatic nitrogens is 4. The second-order valence-corrected chi connectivity index (χ2v) is 23.9. The molecule has 0 saturated carbocycles. The lowest BCUT2D eigenvalue weighted by molar-refractivity contribution is -0.144. The summed E-state index contributed by atoms with van der Waals surface area (Å²) in [6, 6.07) is 8.72. The number of aliphatic hydroxyl groups is 1. The van der Waals surface area contributed by atoms with Gasteiger partial charge in [-0.2, -0.15) is 13.2 Å². The molecule has 3 saturated heterocycles. The van der Waals surface area contributed by atoms with Crippen molar-refractivity contribution in [3.63, 3.8) is 0 Å². The lowest BCUT2D eigenvalue weighted by Crippen LogP contribution is -2.57. The van der Waals surface area contributed by atoms with E-state index >= 15 is 4.39 Å². The number of thiazole rings is 1. The van der Waals surface area contributed by atoms with E-state index in [-0.39, 0.29) is 97.6 Å². The molecular weight excluding hydrogens is 1130 g/mol. The van der Waals surface area contributed by atoms with Crippen LogP contribution in [0.25, 0.3) is 21.6 Å². The van der Waals surface area contributed by atoms with Gasteiger partial charge >= 0.3 is 6.18 Å². The van der Waals surface area contributed by atoms with Gasteiger partial charge in [-0.1, -0.05) is 45.0 Å². The van der Waals surface area contributed by atoms with Crippen molar-refractivity contribution in [3.05, 3.63) is 105 Å². The minimum absolute atomic E-state index is 0.00781. The number of hydrogen-bond acceptors (Lipinski definition) is 15.